The van der Waals surface area contributed by atoms with Gasteiger partial charge in [0.15, 0.2) is 11.5 Å². The van der Waals surface area contributed by atoms with Gasteiger partial charge in [0.05, 0.1) is 26.0 Å². The first kappa shape index (κ1) is 14.6. The predicted molar refractivity (Wildman–Crippen MR) is 81.7 cm³/mol. The number of aromatic nitrogens is 2. The normalized spacial score (nSPS) is 15.1. The molecule has 1 aliphatic rings. The Kier molecular flexibility index (Phi) is 4.09. The molecule has 0 spiro atoms. The van der Waals surface area contributed by atoms with Crippen molar-refractivity contribution in [1.29, 1.82) is 0 Å². The zero-order valence-electron chi connectivity index (χ0n) is 12.5. The van der Waals surface area contributed by atoms with Crippen molar-refractivity contribution in [1.82, 2.24) is 9.55 Å². The van der Waals surface area contributed by atoms with Crippen LogP contribution in [0.5, 0.6) is 17.4 Å². The van der Waals surface area contributed by atoms with E-state index in [4.69, 9.17) is 9.47 Å². The zero-order chi connectivity index (χ0) is 15.5. The van der Waals surface area contributed by atoms with Gasteiger partial charge in [-0.2, -0.15) is 0 Å². The lowest BCUT2D eigenvalue weighted by Gasteiger charge is -2.17. The molecule has 0 aliphatic heterocycles. The summed E-state index contributed by atoms with van der Waals surface area (Å²) in [6.45, 7) is 0.277. The first-order valence-corrected chi connectivity index (χ1v) is 7.48. The summed E-state index contributed by atoms with van der Waals surface area (Å²) in [5.41, 5.74) is 0.525. The molecule has 6 heteroatoms. The second-order valence-corrected chi connectivity index (χ2v) is 5.55. The highest BCUT2D eigenvalue weighted by molar-refractivity contribution is 5.43. The monoisotopic (exact) mass is 304 g/mol. The van der Waals surface area contributed by atoms with Crippen LogP contribution in [0, 0.1) is 0 Å². The van der Waals surface area contributed by atoms with Crippen LogP contribution in [0.4, 0.5) is 0 Å². The Labute approximate surface area is 128 Å². The number of imidazole rings is 1. The van der Waals surface area contributed by atoms with Crippen molar-refractivity contribution < 1.29 is 14.6 Å². The van der Waals surface area contributed by atoms with Crippen molar-refractivity contribution in [3.05, 3.63) is 40.4 Å². The number of aromatic hydroxyl groups is 1. The van der Waals surface area contributed by atoms with Gasteiger partial charge < -0.3 is 19.6 Å². The predicted octanol–water partition coefficient (Wildman–Crippen LogP) is 2.26. The SMILES string of the molecule is COc1ccc(Cn2c(O)c[nH]c2=O)cc1OC1CCCC1. The lowest BCUT2D eigenvalue weighted by atomic mass is 10.2. The van der Waals surface area contributed by atoms with E-state index in [-0.39, 0.29) is 24.2 Å². The van der Waals surface area contributed by atoms with Crippen LogP contribution in [0.25, 0.3) is 0 Å². The van der Waals surface area contributed by atoms with Gasteiger partial charge in [-0.15, -0.1) is 0 Å². The van der Waals surface area contributed by atoms with Crippen LogP contribution < -0.4 is 15.2 Å². The standard InChI is InChI=1S/C16H20N2O4/c1-21-13-7-6-11(10-18-15(19)9-17-16(18)20)8-14(13)22-12-4-2-3-5-12/h6-9,12,19H,2-5,10H2,1H3,(H,17,20). The number of aromatic amines is 1. The fraction of sp³-hybridized carbons (Fsp3) is 0.438. The summed E-state index contributed by atoms with van der Waals surface area (Å²) < 4.78 is 12.6. The van der Waals surface area contributed by atoms with Crippen LogP contribution in [-0.2, 0) is 6.54 Å². The summed E-state index contributed by atoms with van der Waals surface area (Å²) in [5.74, 6) is 1.29. The number of ether oxygens (including phenoxy) is 2. The Bertz CT molecular complexity index is 698. The molecule has 0 saturated heterocycles. The van der Waals surface area contributed by atoms with Crippen molar-refractivity contribution in [2.24, 2.45) is 0 Å². The average molecular weight is 304 g/mol. The molecule has 1 aromatic heterocycles. The van der Waals surface area contributed by atoms with Crippen molar-refractivity contribution in [2.45, 2.75) is 38.3 Å². The molecule has 1 aromatic carbocycles. The molecule has 2 aromatic rings. The van der Waals surface area contributed by atoms with Crippen molar-refractivity contribution in [3.8, 4) is 17.4 Å². The Morgan fingerprint density at radius 3 is 2.73 bits per heavy atom. The fourth-order valence-corrected chi connectivity index (χ4v) is 2.82. The first-order valence-electron chi connectivity index (χ1n) is 7.48. The quantitative estimate of drug-likeness (QED) is 0.888. The molecular formula is C16H20N2O4. The fourth-order valence-electron chi connectivity index (χ4n) is 2.82. The molecule has 3 rings (SSSR count). The van der Waals surface area contributed by atoms with Gasteiger partial charge in [0, 0.05) is 0 Å². The van der Waals surface area contributed by atoms with Crippen LogP contribution >= 0.6 is 0 Å². The molecular weight excluding hydrogens is 284 g/mol. The second kappa shape index (κ2) is 6.17. The minimum absolute atomic E-state index is 0.0842. The first-order chi connectivity index (χ1) is 10.7. The van der Waals surface area contributed by atoms with E-state index >= 15 is 0 Å². The smallest absolute Gasteiger partial charge is 0.328 e. The molecule has 0 radical (unpaired) electrons. The Morgan fingerprint density at radius 1 is 1.32 bits per heavy atom. The summed E-state index contributed by atoms with van der Waals surface area (Å²) in [5, 5.41) is 9.67. The summed E-state index contributed by atoms with van der Waals surface area (Å²) >= 11 is 0. The summed E-state index contributed by atoms with van der Waals surface area (Å²) in [4.78, 5) is 14.1. The van der Waals surface area contributed by atoms with Gasteiger partial charge >= 0.3 is 5.69 Å². The van der Waals surface area contributed by atoms with E-state index in [1.165, 1.54) is 23.6 Å². The van der Waals surface area contributed by atoms with Gasteiger partial charge in [0.2, 0.25) is 5.88 Å². The van der Waals surface area contributed by atoms with Crippen LogP contribution in [0.15, 0.2) is 29.2 Å². The highest BCUT2D eigenvalue weighted by atomic mass is 16.5. The molecule has 0 bridgehead atoms. The molecule has 118 valence electrons. The van der Waals surface area contributed by atoms with E-state index in [0.717, 1.165) is 18.4 Å². The zero-order valence-corrected chi connectivity index (χ0v) is 12.5. The summed E-state index contributed by atoms with van der Waals surface area (Å²) in [6, 6.07) is 5.56. The molecule has 1 heterocycles. The largest absolute Gasteiger partial charge is 0.493 e. The van der Waals surface area contributed by atoms with Gasteiger partial charge in [0.25, 0.3) is 0 Å². The molecule has 1 aliphatic carbocycles. The topological polar surface area (TPSA) is 76.5 Å². The van der Waals surface area contributed by atoms with Crippen LogP contribution in [-0.4, -0.2) is 27.9 Å². The molecule has 1 saturated carbocycles. The summed E-state index contributed by atoms with van der Waals surface area (Å²) in [6.07, 6.45) is 6.02. The van der Waals surface area contributed by atoms with Crippen molar-refractivity contribution in [3.63, 3.8) is 0 Å². The molecule has 0 unspecified atom stereocenters. The molecule has 0 amide bonds. The van der Waals surface area contributed by atoms with Crippen LogP contribution in [0.1, 0.15) is 31.2 Å². The second-order valence-electron chi connectivity index (χ2n) is 5.55. The van der Waals surface area contributed by atoms with Gasteiger partial charge in [0.1, 0.15) is 0 Å². The summed E-state index contributed by atoms with van der Waals surface area (Å²) in [7, 11) is 1.61. The third-order valence-electron chi connectivity index (χ3n) is 4.01. The maximum absolute atomic E-state index is 11.6. The number of nitrogens with zero attached hydrogens (tertiary/aromatic N) is 1. The Balaban J connectivity index is 1.84. The van der Waals surface area contributed by atoms with Gasteiger partial charge in [-0.1, -0.05) is 6.07 Å². The van der Waals surface area contributed by atoms with E-state index in [9.17, 15) is 9.90 Å². The number of hydrogen-bond acceptors (Lipinski definition) is 4. The van der Waals surface area contributed by atoms with E-state index in [2.05, 4.69) is 4.98 Å². The Morgan fingerprint density at radius 2 is 2.09 bits per heavy atom. The third kappa shape index (κ3) is 2.95. The number of H-pyrrole nitrogens is 1. The molecule has 22 heavy (non-hydrogen) atoms. The van der Waals surface area contributed by atoms with Crippen molar-refractivity contribution in [2.75, 3.05) is 7.11 Å². The minimum atomic E-state index is -0.341. The lowest BCUT2D eigenvalue weighted by molar-refractivity contribution is 0.200. The maximum atomic E-state index is 11.6. The van der Waals surface area contributed by atoms with Crippen molar-refractivity contribution >= 4 is 0 Å². The molecule has 2 N–H and O–H groups in total. The molecule has 6 nitrogen and oxygen atoms in total. The lowest BCUT2D eigenvalue weighted by Crippen LogP contribution is -2.17. The third-order valence-corrected chi connectivity index (χ3v) is 4.01. The van der Waals surface area contributed by atoms with E-state index < -0.39 is 0 Å². The minimum Gasteiger partial charge on any atom is -0.493 e. The number of nitrogens with one attached hydrogen (secondary N) is 1. The number of rotatable bonds is 5. The number of methoxy groups -OCH3 is 1. The van der Waals surface area contributed by atoms with Gasteiger partial charge in [-0.25, -0.2) is 4.79 Å². The maximum Gasteiger partial charge on any atom is 0.328 e. The number of benzene rings is 1. The molecule has 1 fully saturated rings. The highest BCUT2D eigenvalue weighted by Gasteiger charge is 2.19. The van der Waals surface area contributed by atoms with E-state index in [0.29, 0.717) is 11.5 Å². The van der Waals surface area contributed by atoms with Crippen LogP contribution in [0.3, 0.4) is 0 Å². The molecule has 0 atom stereocenters. The van der Waals surface area contributed by atoms with Gasteiger partial charge in [-0.05, 0) is 43.4 Å². The average Bonchev–Trinajstić information content (AvgIpc) is 3.13. The van der Waals surface area contributed by atoms with Crippen LogP contribution in [0.2, 0.25) is 0 Å². The van der Waals surface area contributed by atoms with E-state index in [1.807, 2.05) is 18.2 Å². The Hall–Kier alpha value is -2.37. The highest BCUT2D eigenvalue weighted by Crippen LogP contribution is 2.32. The van der Waals surface area contributed by atoms with E-state index in [1.54, 1.807) is 7.11 Å². The van der Waals surface area contributed by atoms with Gasteiger partial charge in [-0.3, -0.25) is 4.57 Å². The number of hydrogen-bond donors (Lipinski definition) is 2.